The van der Waals surface area contributed by atoms with Gasteiger partial charge < -0.3 is 5.11 Å². The molecule has 0 aromatic heterocycles. The largest absolute Gasteiger partial charge is 0.390 e. The molecule has 0 bridgehead atoms. The van der Waals surface area contributed by atoms with Gasteiger partial charge in [-0.25, -0.2) is 0 Å². The van der Waals surface area contributed by atoms with Crippen LogP contribution in [0, 0.1) is 5.92 Å². The van der Waals surface area contributed by atoms with E-state index in [9.17, 15) is 5.11 Å². The summed E-state index contributed by atoms with van der Waals surface area (Å²) in [7, 11) is 0. The van der Waals surface area contributed by atoms with Gasteiger partial charge in [-0.2, -0.15) is 0 Å². The molecule has 94 valence electrons. The summed E-state index contributed by atoms with van der Waals surface area (Å²) in [4.78, 5) is 0. The third-order valence-electron chi connectivity index (χ3n) is 4.06. The fourth-order valence-corrected chi connectivity index (χ4v) is 3.05. The summed E-state index contributed by atoms with van der Waals surface area (Å²) in [5.74, 6) is 0.834. The molecule has 0 saturated heterocycles. The zero-order valence-corrected chi connectivity index (χ0v) is 12.0. The maximum atomic E-state index is 10.6. The Balaban J connectivity index is 1.96. The first-order chi connectivity index (χ1) is 8.11. The van der Waals surface area contributed by atoms with Gasteiger partial charge in [0.2, 0.25) is 0 Å². The van der Waals surface area contributed by atoms with Gasteiger partial charge in [-0.15, -0.1) is 0 Å². The average Bonchev–Trinajstić information content (AvgIpc) is 2.33. The number of benzene rings is 1. The predicted octanol–water partition coefficient (Wildman–Crippen LogP) is 4.32. The minimum absolute atomic E-state index is 0.459. The molecule has 0 heterocycles. The Bertz CT molecular complexity index is 350. The van der Waals surface area contributed by atoms with Crippen molar-refractivity contribution in [1.82, 2.24) is 0 Å². The van der Waals surface area contributed by atoms with E-state index in [1.54, 1.807) is 0 Å². The Labute approximate surface area is 112 Å². The second kappa shape index (κ2) is 5.53. The molecular weight excluding hydrogens is 276 g/mol. The van der Waals surface area contributed by atoms with Crippen LogP contribution in [0.3, 0.4) is 0 Å². The van der Waals surface area contributed by atoms with E-state index in [-0.39, 0.29) is 0 Å². The van der Waals surface area contributed by atoms with Crippen LogP contribution in [0.4, 0.5) is 0 Å². The van der Waals surface area contributed by atoms with Gasteiger partial charge in [-0.3, -0.25) is 0 Å². The van der Waals surface area contributed by atoms with Crippen LogP contribution >= 0.6 is 15.9 Å². The van der Waals surface area contributed by atoms with Gasteiger partial charge in [0.25, 0.3) is 0 Å². The second-order valence-electron chi connectivity index (χ2n) is 5.38. The Hall–Kier alpha value is -0.340. The molecule has 0 amide bonds. The number of halogens is 1. The maximum Gasteiger partial charge on any atom is 0.0688 e. The molecule has 0 unspecified atom stereocenters. The SMILES string of the molecule is CCC1CCC(O)(Cc2ccc(Br)cc2)CC1. The van der Waals surface area contributed by atoms with Gasteiger partial charge in [0.05, 0.1) is 5.60 Å². The number of aliphatic hydroxyl groups is 1. The summed E-state index contributed by atoms with van der Waals surface area (Å²) in [6.45, 7) is 2.25. The molecule has 0 atom stereocenters. The first-order valence-corrected chi connectivity index (χ1v) is 7.37. The highest BCUT2D eigenvalue weighted by Gasteiger charge is 2.32. The van der Waals surface area contributed by atoms with Crippen molar-refractivity contribution in [3.63, 3.8) is 0 Å². The summed E-state index contributed by atoms with van der Waals surface area (Å²) in [6.07, 6.45) is 6.35. The topological polar surface area (TPSA) is 20.2 Å². The Morgan fingerprint density at radius 2 is 1.82 bits per heavy atom. The minimum atomic E-state index is -0.459. The monoisotopic (exact) mass is 296 g/mol. The molecular formula is C15H21BrO. The fourth-order valence-electron chi connectivity index (χ4n) is 2.78. The van der Waals surface area contributed by atoms with E-state index in [1.165, 1.54) is 24.8 Å². The summed E-state index contributed by atoms with van der Waals surface area (Å²) in [6, 6.07) is 8.31. The highest BCUT2D eigenvalue weighted by molar-refractivity contribution is 9.10. The standard InChI is InChI=1S/C15H21BrO/c1-2-12-7-9-15(17,10-8-12)11-13-3-5-14(16)6-4-13/h3-6,12,17H,2,7-11H2,1H3. The summed E-state index contributed by atoms with van der Waals surface area (Å²) < 4.78 is 1.10. The zero-order valence-electron chi connectivity index (χ0n) is 10.5. The van der Waals surface area contributed by atoms with Crippen molar-refractivity contribution in [2.45, 2.75) is 51.0 Å². The third kappa shape index (κ3) is 3.56. The molecule has 0 aliphatic heterocycles. The van der Waals surface area contributed by atoms with Crippen LogP contribution in [-0.2, 0) is 6.42 Å². The van der Waals surface area contributed by atoms with E-state index in [4.69, 9.17) is 0 Å². The minimum Gasteiger partial charge on any atom is -0.390 e. The lowest BCUT2D eigenvalue weighted by atomic mass is 9.75. The molecule has 1 aliphatic carbocycles. The van der Waals surface area contributed by atoms with Crippen LogP contribution in [0.25, 0.3) is 0 Å². The summed E-state index contributed by atoms with van der Waals surface area (Å²) in [5.41, 5.74) is 0.783. The molecule has 0 radical (unpaired) electrons. The van der Waals surface area contributed by atoms with Gasteiger partial charge in [-0.1, -0.05) is 41.4 Å². The highest BCUT2D eigenvalue weighted by Crippen LogP contribution is 2.35. The highest BCUT2D eigenvalue weighted by atomic mass is 79.9. The fraction of sp³-hybridized carbons (Fsp3) is 0.600. The predicted molar refractivity (Wildman–Crippen MR) is 75.0 cm³/mol. The molecule has 0 spiro atoms. The Morgan fingerprint density at radius 1 is 1.24 bits per heavy atom. The quantitative estimate of drug-likeness (QED) is 0.880. The molecule has 1 aromatic carbocycles. The first kappa shape index (κ1) is 13.1. The van der Waals surface area contributed by atoms with Crippen molar-refractivity contribution >= 4 is 15.9 Å². The van der Waals surface area contributed by atoms with Crippen LogP contribution < -0.4 is 0 Å². The molecule has 17 heavy (non-hydrogen) atoms. The van der Waals surface area contributed by atoms with E-state index in [1.807, 2.05) is 0 Å². The normalized spacial score (nSPS) is 29.2. The van der Waals surface area contributed by atoms with Crippen LogP contribution in [0.15, 0.2) is 28.7 Å². The van der Waals surface area contributed by atoms with Gasteiger partial charge in [0.1, 0.15) is 0 Å². The lowest BCUT2D eigenvalue weighted by Gasteiger charge is -2.36. The van der Waals surface area contributed by atoms with Crippen LogP contribution in [0.5, 0.6) is 0 Å². The van der Waals surface area contributed by atoms with Crippen molar-refractivity contribution in [1.29, 1.82) is 0 Å². The van der Waals surface area contributed by atoms with Crippen molar-refractivity contribution in [2.75, 3.05) is 0 Å². The number of hydrogen-bond donors (Lipinski definition) is 1. The zero-order chi connectivity index (χ0) is 12.3. The van der Waals surface area contributed by atoms with Crippen LogP contribution in [-0.4, -0.2) is 10.7 Å². The molecule has 1 aromatic rings. The average molecular weight is 297 g/mol. The van der Waals surface area contributed by atoms with Crippen molar-refractivity contribution < 1.29 is 5.11 Å². The second-order valence-corrected chi connectivity index (χ2v) is 6.29. The van der Waals surface area contributed by atoms with E-state index in [0.717, 1.165) is 29.7 Å². The molecule has 1 nitrogen and oxygen atoms in total. The number of hydrogen-bond acceptors (Lipinski definition) is 1. The van der Waals surface area contributed by atoms with E-state index < -0.39 is 5.60 Å². The maximum absolute atomic E-state index is 10.6. The third-order valence-corrected chi connectivity index (χ3v) is 4.59. The van der Waals surface area contributed by atoms with Crippen molar-refractivity contribution in [3.8, 4) is 0 Å². The van der Waals surface area contributed by atoms with Crippen LogP contribution in [0.2, 0.25) is 0 Å². The van der Waals surface area contributed by atoms with Crippen molar-refractivity contribution in [2.24, 2.45) is 5.92 Å². The van der Waals surface area contributed by atoms with E-state index >= 15 is 0 Å². The Kier molecular flexibility index (Phi) is 4.26. The van der Waals surface area contributed by atoms with E-state index in [0.29, 0.717) is 0 Å². The smallest absolute Gasteiger partial charge is 0.0688 e. The molecule has 2 heteroatoms. The van der Waals surface area contributed by atoms with Gasteiger partial charge in [0, 0.05) is 10.9 Å². The van der Waals surface area contributed by atoms with Gasteiger partial charge >= 0.3 is 0 Å². The van der Waals surface area contributed by atoms with Crippen LogP contribution in [0.1, 0.15) is 44.6 Å². The molecule has 2 rings (SSSR count). The molecule has 1 saturated carbocycles. The van der Waals surface area contributed by atoms with Gasteiger partial charge in [-0.05, 0) is 49.3 Å². The number of rotatable bonds is 3. The van der Waals surface area contributed by atoms with Crippen molar-refractivity contribution in [3.05, 3.63) is 34.3 Å². The summed E-state index contributed by atoms with van der Waals surface area (Å²) in [5, 5.41) is 10.6. The molecule has 1 aliphatic rings. The lowest BCUT2D eigenvalue weighted by molar-refractivity contribution is -0.00921. The Morgan fingerprint density at radius 3 is 2.35 bits per heavy atom. The molecule has 1 N–H and O–H groups in total. The van der Waals surface area contributed by atoms with Gasteiger partial charge in [0.15, 0.2) is 0 Å². The van der Waals surface area contributed by atoms with E-state index in [2.05, 4.69) is 47.1 Å². The lowest BCUT2D eigenvalue weighted by Crippen LogP contribution is -2.36. The summed E-state index contributed by atoms with van der Waals surface area (Å²) >= 11 is 3.44. The molecule has 1 fully saturated rings. The first-order valence-electron chi connectivity index (χ1n) is 6.58.